The van der Waals surface area contributed by atoms with Crippen molar-refractivity contribution in [2.75, 3.05) is 6.54 Å². The number of aromatic amines is 2. The summed E-state index contributed by atoms with van der Waals surface area (Å²) in [6.45, 7) is 1.90. The van der Waals surface area contributed by atoms with Crippen molar-refractivity contribution >= 4 is 34.6 Å². The van der Waals surface area contributed by atoms with Crippen molar-refractivity contribution in [3.05, 3.63) is 54.2 Å². The van der Waals surface area contributed by atoms with E-state index in [1.807, 2.05) is 24.3 Å². The molecule has 0 radical (unpaired) electrons. The topological polar surface area (TPSA) is 221 Å². The normalized spacial score (nSPS) is 14.2. The second-order valence-electron chi connectivity index (χ2n) is 9.44. The summed E-state index contributed by atoms with van der Waals surface area (Å²) in [5.41, 5.74) is 13.5. The molecular weight excluding hydrogens is 504 g/mol. The van der Waals surface area contributed by atoms with Gasteiger partial charge in [-0.2, -0.15) is 0 Å². The van der Waals surface area contributed by atoms with Gasteiger partial charge in [0.1, 0.15) is 18.1 Å². The van der Waals surface area contributed by atoms with Crippen LogP contribution in [-0.4, -0.2) is 74.5 Å². The fraction of sp³-hybridized carbons (Fsp3) is 0.423. The van der Waals surface area contributed by atoms with Crippen LogP contribution >= 0.6 is 0 Å². The Morgan fingerprint density at radius 3 is 2.31 bits per heavy atom. The van der Waals surface area contributed by atoms with Gasteiger partial charge < -0.3 is 42.5 Å². The van der Waals surface area contributed by atoms with Crippen LogP contribution in [0.5, 0.6) is 0 Å². The second kappa shape index (κ2) is 14.1. The fourth-order valence-corrected chi connectivity index (χ4v) is 4.16. The lowest BCUT2D eigenvalue weighted by molar-refractivity contribution is -0.142. The van der Waals surface area contributed by atoms with Crippen molar-refractivity contribution < 1.29 is 24.3 Å². The van der Waals surface area contributed by atoms with E-state index in [0.717, 1.165) is 16.5 Å². The number of rotatable bonds is 15. The predicted octanol–water partition coefficient (Wildman–Crippen LogP) is -0.309. The van der Waals surface area contributed by atoms with Crippen LogP contribution in [-0.2, 0) is 32.0 Å². The maximum absolute atomic E-state index is 13.5. The lowest BCUT2D eigenvalue weighted by Crippen LogP contribution is -2.57. The number of hydrogen-bond donors (Lipinski definition) is 8. The summed E-state index contributed by atoms with van der Waals surface area (Å²) < 4.78 is 0. The van der Waals surface area contributed by atoms with Crippen LogP contribution in [0.4, 0.5) is 0 Å². The van der Waals surface area contributed by atoms with Crippen molar-refractivity contribution in [1.29, 1.82) is 0 Å². The summed E-state index contributed by atoms with van der Waals surface area (Å²) in [6.07, 6.45) is 6.13. The van der Waals surface area contributed by atoms with E-state index >= 15 is 0 Å². The number of aromatic nitrogens is 3. The molecule has 0 saturated heterocycles. The van der Waals surface area contributed by atoms with E-state index < -0.39 is 47.9 Å². The number of nitrogens with zero attached hydrogens (tertiary/aromatic N) is 1. The predicted molar refractivity (Wildman–Crippen MR) is 144 cm³/mol. The Hall–Kier alpha value is -4.23. The number of carboxylic acid groups (broad SMARTS) is 1. The van der Waals surface area contributed by atoms with E-state index in [-0.39, 0.29) is 19.3 Å². The molecule has 3 amide bonds. The molecular formula is C26H36N8O5. The van der Waals surface area contributed by atoms with Crippen molar-refractivity contribution in [1.82, 2.24) is 30.9 Å². The summed E-state index contributed by atoms with van der Waals surface area (Å²) in [7, 11) is 0. The first-order chi connectivity index (χ1) is 18.7. The monoisotopic (exact) mass is 540 g/mol. The van der Waals surface area contributed by atoms with Crippen LogP contribution in [0.1, 0.15) is 37.4 Å². The number of carboxylic acids is 1. The summed E-state index contributed by atoms with van der Waals surface area (Å²) in [4.78, 5) is 60.8. The molecule has 10 N–H and O–H groups in total. The van der Waals surface area contributed by atoms with Crippen LogP contribution in [0.3, 0.4) is 0 Å². The number of imidazole rings is 1. The minimum atomic E-state index is -1.24. The summed E-state index contributed by atoms with van der Waals surface area (Å²) >= 11 is 0. The molecule has 0 saturated carbocycles. The molecule has 39 heavy (non-hydrogen) atoms. The highest BCUT2D eigenvalue weighted by Crippen LogP contribution is 2.19. The number of H-pyrrole nitrogens is 2. The quantitative estimate of drug-likeness (QED) is 0.119. The number of nitrogens with two attached hydrogens (primary N) is 2. The van der Waals surface area contributed by atoms with Gasteiger partial charge in [-0.3, -0.25) is 14.4 Å². The van der Waals surface area contributed by atoms with Crippen LogP contribution in [0.15, 0.2) is 43.0 Å². The number of amides is 3. The van der Waals surface area contributed by atoms with Crippen molar-refractivity contribution in [2.45, 2.75) is 63.2 Å². The molecule has 2 aromatic heterocycles. The van der Waals surface area contributed by atoms with Gasteiger partial charge in [0.25, 0.3) is 0 Å². The molecule has 13 nitrogen and oxygen atoms in total. The Kier molecular flexibility index (Phi) is 10.6. The Bertz CT molecular complexity index is 1260. The van der Waals surface area contributed by atoms with Crippen LogP contribution in [0, 0.1) is 0 Å². The van der Waals surface area contributed by atoms with Crippen molar-refractivity contribution in [3.63, 3.8) is 0 Å². The van der Waals surface area contributed by atoms with E-state index in [9.17, 15) is 24.3 Å². The third-order valence-electron chi connectivity index (χ3n) is 6.32. The van der Waals surface area contributed by atoms with Gasteiger partial charge in [0, 0.05) is 41.8 Å². The average molecular weight is 541 g/mol. The van der Waals surface area contributed by atoms with E-state index in [2.05, 4.69) is 30.9 Å². The van der Waals surface area contributed by atoms with Gasteiger partial charge >= 0.3 is 5.97 Å². The molecule has 0 bridgehead atoms. The molecule has 1 aromatic carbocycles. The Labute approximate surface area is 225 Å². The molecule has 4 unspecified atom stereocenters. The fourth-order valence-electron chi connectivity index (χ4n) is 4.16. The highest BCUT2D eigenvalue weighted by molar-refractivity contribution is 5.94. The van der Waals surface area contributed by atoms with E-state index in [1.54, 1.807) is 6.20 Å². The largest absolute Gasteiger partial charge is 0.480 e. The van der Waals surface area contributed by atoms with Gasteiger partial charge in [-0.25, -0.2) is 9.78 Å². The van der Waals surface area contributed by atoms with E-state index in [4.69, 9.17) is 11.5 Å². The molecule has 3 aromatic rings. The first-order valence-electron chi connectivity index (χ1n) is 12.8. The number of carbonyl (C=O) groups is 4. The molecule has 0 spiro atoms. The highest BCUT2D eigenvalue weighted by atomic mass is 16.4. The molecule has 13 heteroatoms. The number of hydrogen-bond acceptors (Lipinski definition) is 7. The number of benzene rings is 1. The standard InChI is InChI=1S/C26H36N8O5/c1-15(28)23(35)33-21(10-16-12-30-19-7-3-2-6-18(16)19)25(37)32-20(8-4-5-9-27)24(36)34-22(26(38)39)11-17-13-29-14-31-17/h2-3,6-7,12-15,20-22,30H,4-5,8-11,27-28H2,1H3,(H,29,31)(H,32,37)(H,33,35)(H,34,36)(H,38,39). The number of nitrogens with one attached hydrogen (secondary N) is 5. The van der Waals surface area contributed by atoms with Gasteiger partial charge in [-0.05, 0) is 44.4 Å². The third kappa shape index (κ3) is 8.38. The summed E-state index contributed by atoms with van der Waals surface area (Å²) in [5, 5.41) is 18.4. The Balaban J connectivity index is 1.79. The smallest absolute Gasteiger partial charge is 0.326 e. The zero-order valence-electron chi connectivity index (χ0n) is 21.8. The van der Waals surface area contributed by atoms with E-state index in [1.165, 1.54) is 19.4 Å². The van der Waals surface area contributed by atoms with Gasteiger partial charge in [-0.15, -0.1) is 0 Å². The molecule has 0 aliphatic heterocycles. The van der Waals surface area contributed by atoms with Crippen LogP contribution in [0.25, 0.3) is 10.9 Å². The summed E-state index contributed by atoms with van der Waals surface area (Å²) in [6, 6.07) is 3.36. The van der Waals surface area contributed by atoms with Gasteiger partial charge in [0.2, 0.25) is 17.7 Å². The number of carbonyl (C=O) groups excluding carboxylic acids is 3. The van der Waals surface area contributed by atoms with Gasteiger partial charge in [-0.1, -0.05) is 18.2 Å². The van der Waals surface area contributed by atoms with Gasteiger partial charge in [0.15, 0.2) is 0 Å². The van der Waals surface area contributed by atoms with E-state index in [0.29, 0.717) is 25.1 Å². The Morgan fingerprint density at radius 2 is 1.64 bits per heavy atom. The lowest BCUT2D eigenvalue weighted by Gasteiger charge is -2.25. The SMILES string of the molecule is CC(N)C(=O)NC(Cc1c[nH]c2ccccc12)C(=O)NC(CCCCN)C(=O)NC(Cc1cnc[nH]1)C(=O)O. The zero-order chi connectivity index (χ0) is 28.4. The molecule has 2 heterocycles. The maximum atomic E-state index is 13.5. The third-order valence-corrected chi connectivity index (χ3v) is 6.32. The minimum absolute atomic E-state index is 0.0157. The van der Waals surface area contributed by atoms with Gasteiger partial charge in [0.05, 0.1) is 12.4 Å². The van der Waals surface area contributed by atoms with Crippen LogP contribution in [0.2, 0.25) is 0 Å². The first kappa shape index (κ1) is 29.3. The average Bonchev–Trinajstić information content (AvgIpc) is 3.57. The van der Waals surface area contributed by atoms with Crippen molar-refractivity contribution in [3.8, 4) is 0 Å². The molecule has 0 fully saturated rings. The number of fused-ring (bicyclic) bond motifs is 1. The molecule has 4 atom stereocenters. The second-order valence-corrected chi connectivity index (χ2v) is 9.44. The number of para-hydroxylation sites is 1. The summed E-state index contributed by atoms with van der Waals surface area (Å²) in [5.74, 6) is -3.00. The maximum Gasteiger partial charge on any atom is 0.326 e. The lowest BCUT2D eigenvalue weighted by atomic mass is 10.0. The first-order valence-corrected chi connectivity index (χ1v) is 12.8. The molecule has 0 aliphatic rings. The molecule has 0 aliphatic carbocycles. The minimum Gasteiger partial charge on any atom is -0.480 e. The number of aliphatic carboxylic acids is 1. The molecule has 210 valence electrons. The number of unbranched alkanes of at least 4 members (excludes halogenated alkanes) is 1. The highest BCUT2D eigenvalue weighted by Gasteiger charge is 2.30. The Morgan fingerprint density at radius 1 is 0.949 bits per heavy atom. The van der Waals surface area contributed by atoms with Crippen LogP contribution < -0.4 is 27.4 Å². The zero-order valence-corrected chi connectivity index (χ0v) is 21.8. The molecule has 3 rings (SSSR count). The van der Waals surface area contributed by atoms with Crippen molar-refractivity contribution in [2.24, 2.45) is 11.5 Å².